The van der Waals surface area contributed by atoms with Gasteiger partial charge in [0.25, 0.3) is 0 Å². The Labute approximate surface area is 113 Å². The van der Waals surface area contributed by atoms with E-state index in [2.05, 4.69) is 9.62 Å². The van der Waals surface area contributed by atoms with Crippen LogP contribution in [0.15, 0.2) is 23.1 Å². The third-order valence-corrected chi connectivity index (χ3v) is 4.44. The molecule has 19 heavy (non-hydrogen) atoms. The quantitative estimate of drug-likeness (QED) is 0.807. The van der Waals surface area contributed by atoms with Crippen molar-refractivity contribution in [1.82, 2.24) is 4.72 Å². The number of likely N-dealkylation sites (N-methyl/N-ethyl adjacent to an activating group) is 1. The molecule has 0 bridgehead atoms. The average molecular weight is 286 g/mol. The van der Waals surface area contributed by atoms with E-state index < -0.39 is 10.0 Å². The molecule has 0 fully saturated rings. The third kappa shape index (κ3) is 2.99. The number of nitrogens with one attached hydrogen (secondary N) is 1. The average Bonchev–Trinajstić information content (AvgIpc) is 2.43. The molecule has 2 rings (SSSR count). The summed E-state index contributed by atoms with van der Waals surface area (Å²) in [6.45, 7) is 3.94. The Balaban J connectivity index is 2.34. The van der Waals surface area contributed by atoms with Gasteiger partial charge in [-0.3, -0.25) is 0 Å². The second kappa shape index (κ2) is 5.77. The highest BCUT2D eigenvalue weighted by atomic mass is 32.2. The Morgan fingerprint density at radius 2 is 2.26 bits per heavy atom. The Kier molecular flexibility index (Phi) is 4.28. The Bertz CT molecular complexity index is 545. The number of hydrogen-bond acceptors (Lipinski definition) is 5. The molecule has 1 aromatic carbocycles. The number of aliphatic hydroxyl groups is 1. The van der Waals surface area contributed by atoms with Crippen molar-refractivity contribution in [2.75, 3.05) is 37.7 Å². The van der Waals surface area contributed by atoms with E-state index in [4.69, 9.17) is 9.84 Å². The van der Waals surface area contributed by atoms with E-state index in [9.17, 15) is 8.42 Å². The lowest BCUT2D eigenvalue weighted by atomic mass is 10.2. The molecule has 0 amide bonds. The first kappa shape index (κ1) is 14.1. The summed E-state index contributed by atoms with van der Waals surface area (Å²) in [7, 11) is -3.58. The monoisotopic (exact) mass is 286 g/mol. The minimum atomic E-state index is -3.58. The van der Waals surface area contributed by atoms with Gasteiger partial charge in [-0.2, -0.15) is 0 Å². The summed E-state index contributed by atoms with van der Waals surface area (Å²) >= 11 is 0. The van der Waals surface area contributed by atoms with Crippen LogP contribution in [0.4, 0.5) is 5.69 Å². The molecule has 1 aliphatic rings. The molecule has 0 saturated heterocycles. The zero-order valence-electron chi connectivity index (χ0n) is 10.8. The maximum Gasteiger partial charge on any atom is 0.240 e. The van der Waals surface area contributed by atoms with E-state index in [1.165, 1.54) is 6.07 Å². The molecule has 0 aliphatic carbocycles. The van der Waals surface area contributed by atoms with Gasteiger partial charge < -0.3 is 14.7 Å². The van der Waals surface area contributed by atoms with Crippen LogP contribution >= 0.6 is 0 Å². The van der Waals surface area contributed by atoms with Crippen molar-refractivity contribution in [3.63, 3.8) is 0 Å². The van der Waals surface area contributed by atoms with Crippen molar-refractivity contribution >= 4 is 15.7 Å². The molecule has 6 nitrogen and oxygen atoms in total. The fourth-order valence-electron chi connectivity index (χ4n) is 2.01. The van der Waals surface area contributed by atoms with Crippen LogP contribution in [-0.4, -0.2) is 46.4 Å². The molecule has 1 aromatic rings. The smallest absolute Gasteiger partial charge is 0.240 e. The first-order valence-electron chi connectivity index (χ1n) is 6.21. The number of anilines is 1. The maximum atomic E-state index is 12.0. The van der Waals surface area contributed by atoms with Gasteiger partial charge in [0, 0.05) is 13.1 Å². The van der Waals surface area contributed by atoms with E-state index in [1.807, 2.05) is 6.92 Å². The molecule has 0 radical (unpaired) electrons. The van der Waals surface area contributed by atoms with Crippen LogP contribution in [0.5, 0.6) is 5.75 Å². The molecular weight excluding hydrogens is 268 g/mol. The molecule has 0 unspecified atom stereocenters. The molecule has 0 atom stereocenters. The van der Waals surface area contributed by atoms with Gasteiger partial charge in [0.05, 0.1) is 23.7 Å². The topological polar surface area (TPSA) is 78.9 Å². The van der Waals surface area contributed by atoms with Crippen LogP contribution in [0.25, 0.3) is 0 Å². The lowest BCUT2D eigenvalue weighted by molar-refractivity contribution is 0.301. The summed E-state index contributed by atoms with van der Waals surface area (Å²) in [4.78, 5) is 2.26. The lowest BCUT2D eigenvalue weighted by Gasteiger charge is -2.30. The number of hydrogen-bond donors (Lipinski definition) is 2. The highest BCUT2D eigenvalue weighted by Gasteiger charge is 2.21. The molecule has 0 aromatic heterocycles. The normalized spacial score (nSPS) is 14.9. The number of sulfonamides is 1. The maximum absolute atomic E-state index is 12.0. The number of rotatable bonds is 5. The largest absolute Gasteiger partial charge is 0.490 e. The Hall–Kier alpha value is -1.31. The standard InChI is InChI=1S/C12H18N2O4S/c1-2-14-6-8-18-12-4-3-10(9-11(12)14)19(16,17)13-5-7-15/h3-4,9,13,15H,2,5-8H2,1H3. The molecule has 7 heteroatoms. The Morgan fingerprint density at radius 1 is 1.47 bits per heavy atom. The van der Waals surface area contributed by atoms with Gasteiger partial charge in [-0.25, -0.2) is 13.1 Å². The second-order valence-electron chi connectivity index (χ2n) is 4.18. The number of nitrogens with zero attached hydrogens (tertiary/aromatic N) is 1. The minimum Gasteiger partial charge on any atom is -0.490 e. The molecule has 1 aliphatic heterocycles. The summed E-state index contributed by atoms with van der Waals surface area (Å²) in [6.07, 6.45) is 0. The summed E-state index contributed by atoms with van der Waals surface area (Å²) in [5.74, 6) is 0.703. The molecule has 0 spiro atoms. The van der Waals surface area contributed by atoms with Gasteiger partial charge in [0.15, 0.2) is 0 Å². The summed E-state index contributed by atoms with van der Waals surface area (Å²) < 4.78 is 31.8. The molecular formula is C12H18N2O4S. The van der Waals surface area contributed by atoms with Crippen molar-refractivity contribution in [2.45, 2.75) is 11.8 Å². The van der Waals surface area contributed by atoms with Gasteiger partial charge in [0.2, 0.25) is 10.0 Å². The van der Waals surface area contributed by atoms with Gasteiger partial charge in [-0.1, -0.05) is 0 Å². The van der Waals surface area contributed by atoms with E-state index in [0.717, 1.165) is 18.8 Å². The van der Waals surface area contributed by atoms with Gasteiger partial charge >= 0.3 is 0 Å². The van der Waals surface area contributed by atoms with Crippen LogP contribution in [0.2, 0.25) is 0 Å². The highest BCUT2D eigenvalue weighted by Crippen LogP contribution is 2.33. The summed E-state index contributed by atoms with van der Waals surface area (Å²) in [5, 5.41) is 8.69. The van der Waals surface area contributed by atoms with Crippen LogP contribution in [0.3, 0.4) is 0 Å². The third-order valence-electron chi connectivity index (χ3n) is 2.99. The fraction of sp³-hybridized carbons (Fsp3) is 0.500. The summed E-state index contributed by atoms with van der Waals surface area (Å²) in [5.41, 5.74) is 0.792. The summed E-state index contributed by atoms with van der Waals surface area (Å²) in [6, 6.07) is 4.79. The van der Waals surface area contributed by atoms with Crippen molar-refractivity contribution in [2.24, 2.45) is 0 Å². The van der Waals surface area contributed by atoms with Crippen LogP contribution in [-0.2, 0) is 10.0 Å². The van der Waals surface area contributed by atoms with Gasteiger partial charge in [-0.15, -0.1) is 0 Å². The fourth-order valence-corrected chi connectivity index (χ4v) is 3.05. The highest BCUT2D eigenvalue weighted by molar-refractivity contribution is 7.89. The van der Waals surface area contributed by atoms with E-state index in [0.29, 0.717) is 12.4 Å². The first-order valence-corrected chi connectivity index (χ1v) is 7.69. The van der Waals surface area contributed by atoms with Crippen LogP contribution in [0.1, 0.15) is 6.92 Å². The number of fused-ring (bicyclic) bond motifs is 1. The first-order chi connectivity index (χ1) is 9.08. The predicted octanol–water partition coefficient (Wildman–Crippen LogP) is 0.176. The number of aliphatic hydroxyl groups excluding tert-OH is 1. The van der Waals surface area contributed by atoms with Gasteiger partial charge in [-0.05, 0) is 25.1 Å². The Morgan fingerprint density at radius 3 is 2.95 bits per heavy atom. The zero-order chi connectivity index (χ0) is 13.9. The number of ether oxygens (including phenoxy) is 1. The van der Waals surface area contributed by atoms with E-state index >= 15 is 0 Å². The molecule has 1 heterocycles. The van der Waals surface area contributed by atoms with Crippen molar-refractivity contribution in [3.8, 4) is 5.75 Å². The van der Waals surface area contributed by atoms with Crippen molar-refractivity contribution in [3.05, 3.63) is 18.2 Å². The van der Waals surface area contributed by atoms with Crippen molar-refractivity contribution < 1.29 is 18.3 Å². The van der Waals surface area contributed by atoms with E-state index in [-0.39, 0.29) is 18.0 Å². The number of benzene rings is 1. The minimum absolute atomic E-state index is 0.00735. The van der Waals surface area contributed by atoms with Crippen LogP contribution < -0.4 is 14.4 Å². The molecule has 2 N–H and O–H groups in total. The predicted molar refractivity (Wildman–Crippen MR) is 72.1 cm³/mol. The second-order valence-corrected chi connectivity index (χ2v) is 5.95. The zero-order valence-corrected chi connectivity index (χ0v) is 11.6. The lowest BCUT2D eigenvalue weighted by Crippen LogP contribution is -2.33. The van der Waals surface area contributed by atoms with E-state index in [1.54, 1.807) is 12.1 Å². The van der Waals surface area contributed by atoms with Gasteiger partial charge in [0.1, 0.15) is 12.4 Å². The van der Waals surface area contributed by atoms with Crippen LogP contribution in [0, 0.1) is 0 Å². The SMILES string of the molecule is CCN1CCOc2ccc(S(=O)(=O)NCCO)cc21. The molecule has 106 valence electrons. The van der Waals surface area contributed by atoms with Crippen molar-refractivity contribution in [1.29, 1.82) is 0 Å². The molecule has 0 saturated carbocycles.